The fraction of sp³-hybridized carbons (Fsp3) is 0.500. The molecule has 0 aromatic carbocycles. The Balaban J connectivity index is 2.92. The first-order valence-corrected chi connectivity index (χ1v) is 4.81. The van der Waals surface area contributed by atoms with E-state index in [9.17, 15) is 0 Å². The van der Waals surface area contributed by atoms with E-state index in [1.807, 2.05) is 26.0 Å². The van der Waals surface area contributed by atoms with Crippen LogP contribution in [0.25, 0.3) is 0 Å². The van der Waals surface area contributed by atoms with Gasteiger partial charge in [0.1, 0.15) is 5.76 Å². The van der Waals surface area contributed by atoms with E-state index >= 15 is 0 Å². The summed E-state index contributed by atoms with van der Waals surface area (Å²) in [5.41, 5.74) is 2.70. The molecule has 1 aliphatic heterocycles. The van der Waals surface area contributed by atoms with Crippen LogP contribution in [0.4, 0.5) is 0 Å². The number of hydrogen-bond acceptors (Lipinski definition) is 1. The summed E-state index contributed by atoms with van der Waals surface area (Å²) in [5.74, 6) is 2.08. The van der Waals surface area contributed by atoms with Crippen molar-refractivity contribution in [1.29, 1.82) is 0 Å². The summed E-state index contributed by atoms with van der Waals surface area (Å²) in [5, 5.41) is 0. The van der Waals surface area contributed by atoms with Gasteiger partial charge in [0.05, 0.1) is 5.76 Å². The maximum Gasteiger partial charge on any atom is 0.125 e. The number of ether oxygens (including phenoxy) is 1. The molecule has 0 amide bonds. The average Bonchev–Trinajstić information content (AvgIpc) is 2.21. The summed E-state index contributed by atoms with van der Waals surface area (Å²) in [7, 11) is 0. The quantitative estimate of drug-likeness (QED) is 0.591. The lowest BCUT2D eigenvalue weighted by Crippen LogP contribution is -1.89. The van der Waals surface area contributed by atoms with Crippen LogP contribution in [0.2, 0.25) is 0 Å². The van der Waals surface area contributed by atoms with E-state index in [0.717, 1.165) is 24.4 Å². The zero-order valence-corrected chi connectivity index (χ0v) is 8.98. The van der Waals surface area contributed by atoms with Crippen molar-refractivity contribution < 1.29 is 4.74 Å². The second-order valence-electron chi connectivity index (χ2n) is 3.58. The van der Waals surface area contributed by atoms with Gasteiger partial charge in [0.15, 0.2) is 0 Å². The molecule has 72 valence electrons. The molecule has 1 nitrogen and oxygen atoms in total. The molecule has 1 heteroatoms. The first-order chi connectivity index (χ1) is 6.15. The minimum Gasteiger partial charge on any atom is -0.462 e. The van der Waals surface area contributed by atoms with Gasteiger partial charge in [-0.25, -0.2) is 0 Å². The Morgan fingerprint density at radius 2 is 1.69 bits per heavy atom. The van der Waals surface area contributed by atoms with Gasteiger partial charge in [-0.05, 0) is 57.8 Å². The fourth-order valence-corrected chi connectivity index (χ4v) is 1.34. The molecule has 0 atom stereocenters. The van der Waals surface area contributed by atoms with Crippen LogP contribution in [0, 0.1) is 0 Å². The summed E-state index contributed by atoms with van der Waals surface area (Å²) in [4.78, 5) is 0. The Hall–Kier alpha value is -0.980. The molecule has 0 spiro atoms. The highest BCUT2D eigenvalue weighted by molar-refractivity contribution is 5.24. The average molecular weight is 178 g/mol. The molecule has 0 saturated carbocycles. The molecule has 0 aromatic heterocycles. The predicted molar refractivity (Wildman–Crippen MR) is 56.2 cm³/mol. The molecule has 0 bridgehead atoms. The number of hydrogen-bond donors (Lipinski definition) is 0. The fourth-order valence-electron chi connectivity index (χ4n) is 1.34. The summed E-state index contributed by atoms with van der Waals surface area (Å²) in [6.07, 6.45) is 6.30. The minimum atomic E-state index is 1.02. The van der Waals surface area contributed by atoms with Gasteiger partial charge >= 0.3 is 0 Å². The third-order valence-electron chi connectivity index (χ3n) is 2.48. The van der Waals surface area contributed by atoms with Crippen LogP contribution < -0.4 is 0 Å². The summed E-state index contributed by atoms with van der Waals surface area (Å²) >= 11 is 0. The van der Waals surface area contributed by atoms with Crippen molar-refractivity contribution in [3.05, 3.63) is 34.8 Å². The second kappa shape index (κ2) is 4.31. The normalized spacial score (nSPS) is 19.4. The lowest BCUT2D eigenvalue weighted by molar-refractivity contribution is 0.315. The standard InChI is InChI=1S/C12H18O/c1-5-6-12-10(3)8-7-9(2)11(4)13-12/h5-6H,7-8H2,1-4H3. The summed E-state index contributed by atoms with van der Waals surface area (Å²) in [6, 6.07) is 0. The maximum atomic E-state index is 5.75. The zero-order valence-electron chi connectivity index (χ0n) is 8.98. The molecule has 0 unspecified atom stereocenters. The van der Waals surface area contributed by atoms with Crippen LogP contribution in [-0.2, 0) is 4.74 Å². The van der Waals surface area contributed by atoms with Crippen LogP contribution in [0.5, 0.6) is 0 Å². The molecule has 1 heterocycles. The molecular weight excluding hydrogens is 160 g/mol. The van der Waals surface area contributed by atoms with Gasteiger partial charge in [0.25, 0.3) is 0 Å². The van der Waals surface area contributed by atoms with Crippen LogP contribution in [0.3, 0.4) is 0 Å². The topological polar surface area (TPSA) is 9.23 Å². The Morgan fingerprint density at radius 3 is 2.31 bits per heavy atom. The van der Waals surface area contributed by atoms with Crippen molar-refractivity contribution in [3.63, 3.8) is 0 Å². The van der Waals surface area contributed by atoms with Gasteiger partial charge in [0, 0.05) is 0 Å². The van der Waals surface area contributed by atoms with E-state index in [-0.39, 0.29) is 0 Å². The lowest BCUT2D eigenvalue weighted by atomic mass is 10.1. The molecule has 1 aliphatic rings. The smallest absolute Gasteiger partial charge is 0.125 e. The van der Waals surface area contributed by atoms with Crippen LogP contribution in [0.15, 0.2) is 34.8 Å². The SMILES string of the molecule is CC=CC1=C(C)CCC(C)=C(C)O1. The van der Waals surface area contributed by atoms with E-state index in [0.29, 0.717) is 0 Å². The van der Waals surface area contributed by atoms with Gasteiger partial charge in [-0.3, -0.25) is 0 Å². The predicted octanol–water partition coefficient (Wildman–Crippen LogP) is 3.94. The highest BCUT2D eigenvalue weighted by atomic mass is 16.5. The molecule has 0 aliphatic carbocycles. The van der Waals surface area contributed by atoms with Gasteiger partial charge in [-0.1, -0.05) is 6.08 Å². The Bertz CT molecular complexity index is 279. The molecule has 0 fully saturated rings. The van der Waals surface area contributed by atoms with Crippen molar-refractivity contribution in [2.45, 2.75) is 40.5 Å². The first kappa shape index (κ1) is 10.1. The minimum absolute atomic E-state index is 1.02. The highest BCUT2D eigenvalue weighted by Gasteiger charge is 2.09. The Morgan fingerprint density at radius 1 is 1.08 bits per heavy atom. The van der Waals surface area contributed by atoms with E-state index in [1.165, 1.54) is 11.1 Å². The van der Waals surface area contributed by atoms with Crippen molar-refractivity contribution in [1.82, 2.24) is 0 Å². The molecule has 13 heavy (non-hydrogen) atoms. The third-order valence-corrected chi connectivity index (χ3v) is 2.48. The van der Waals surface area contributed by atoms with E-state index in [1.54, 1.807) is 0 Å². The zero-order chi connectivity index (χ0) is 9.84. The second-order valence-corrected chi connectivity index (χ2v) is 3.58. The van der Waals surface area contributed by atoms with Gasteiger partial charge in [-0.2, -0.15) is 0 Å². The maximum absolute atomic E-state index is 5.75. The highest BCUT2D eigenvalue weighted by Crippen LogP contribution is 2.25. The number of rotatable bonds is 1. The van der Waals surface area contributed by atoms with E-state index < -0.39 is 0 Å². The van der Waals surface area contributed by atoms with Crippen molar-refractivity contribution in [2.24, 2.45) is 0 Å². The van der Waals surface area contributed by atoms with E-state index in [2.05, 4.69) is 13.8 Å². The van der Waals surface area contributed by atoms with Crippen LogP contribution in [0.1, 0.15) is 40.5 Å². The lowest BCUT2D eigenvalue weighted by Gasteiger charge is -2.07. The third kappa shape index (κ3) is 2.48. The summed E-state index contributed by atoms with van der Waals surface area (Å²) in [6.45, 7) is 8.33. The molecule has 0 radical (unpaired) electrons. The molecule has 0 saturated heterocycles. The largest absolute Gasteiger partial charge is 0.462 e. The summed E-state index contributed by atoms with van der Waals surface area (Å²) < 4.78 is 5.75. The van der Waals surface area contributed by atoms with Crippen molar-refractivity contribution in [3.8, 4) is 0 Å². The van der Waals surface area contributed by atoms with Crippen molar-refractivity contribution in [2.75, 3.05) is 0 Å². The Kier molecular flexibility index (Phi) is 3.35. The van der Waals surface area contributed by atoms with Crippen LogP contribution >= 0.6 is 0 Å². The molecule has 0 N–H and O–H groups in total. The molecule has 1 rings (SSSR count). The Labute approximate surface area is 80.8 Å². The van der Waals surface area contributed by atoms with Crippen molar-refractivity contribution >= 4 is 0 Å². The van der Waals surface area contributed by atoms with Gasteiger partial charge in [-0.15, -0.1) is 0 Å². The van der Waals surface area contributed by atoms with E-state index in [4.69, 9.17) is 4.74 Å². The van der Waals surface area contributed by atoms with Gasteiger partial charge in [0.2, 0.25) is 0 Å². The van der Waals surface area contributed by atoms with Crippen LogP contribution in [-0.4, -0.2) is 0 Å². The van der Waals surface area contributed by atoms with Gasteiger partial charge < -0.3 is 4.74 Å². The monoisotopic (exact) mass is 178 g/mol. The molecular formula is C12H18O. The first-order valence-electron chi connectivity index (χ1n) is 4.81. The molecule has 0 aromatic rings. The number of allylic oxidation sites excluding steroid dienone is 5.